The lowest BCUT2D eigenvalue weighted by molar-refractivity contribution is -0.135. The van der Waals surface area contributed by atoms with Crippen LogP contribution >= 0.6 is 0 Å². The Hall–Kier alpha value is -0.610. The van der Waals surface area contributed by atoms with Crippen molar-refractivity contribution in [1.29, 1.82) is 0 Å². The monoisotopic (exact) mass is 268 g/mol. The number of aliphatic hydroxyl groups is 1. The Labute approximate surface area is 116 Å². The Morgan fingerprint density at radius 3 is 2.42 bits per heavy atom. The van der Waals surface area contributed by atoms with Crippen LogP contribution < -0.4 is 0 Å². The van der Waals surface area contributed by atoms with E-state index in [1.54, 1.807) is 0 Å². The Kier molecular flexibility index (Phi) is 5.64. The van der Waals surface area contributed by atoms with Crippen LogP contribution in [-0.4, -0.2) is 59.6 Å². The van der Waals surface area contributed by atoms with Crippen LogP contribution in [0.3, 0.4) is 0 Å². The number of amides is 1. The summed E-state index contributed by atoms with van der Waals surface area (Å²) in [4.78, 5) is 16.7. The highest BCUT2D eigenvalue weighted by molar-refractivity contribution is 5.82. The van der Waals surface area contributed by atoms with Crippen molar-refractivity contribution >= 4 is 5.91 Å². The molecular formula is C15H28N2O2. The molecule has 0 spiro atoms. The highest BCUT2D eigenvalue weighted by Crippen LogP contribution is 2.26. The summed E-state index contributed by atoms with van der Waals surface area (Å²) in [6.07, 6.45) is 9.33. The minimum atomic E-state index is -0.0967. The van der Waals surface area contributed by atoms with Crippen LogP contribution in [0, 0.1) is 0 Å². The van der Waals surface area contributed by atoms with E-state index in [0.29, 0.717) is 12.5 Å². The molecule has 4 heteroatoms. The molecule has 1 amide bonds. The maximum Gasteiger partial charge on any atom is 0.239 e. The van der Waals surface area contributed by atoms with Crippen molar-refractivity contribution in [3.63, 3.8) is 0 Å². The maximum atomic E-state index is 12.4. The van der Waals surface area contributed by atoms with Gasteiger partial charge in [-0.2, -0.15) is 0 Å². The average Bonchev–Trinajstić information content (AvgIpc) is 2.74. The van der Waals surface area contributed by atoms with Gasteiger partial charge in [-0.1, -0.05) is 25.7 Å². The number of hydrogen-bond donors (Lipinski definition) is 1. The number of aliphatic hydroxyl groups excluding tert-OH is 1. The van der Waals surface area contributed by atoms with E-state index in [-0.39, 0.29) is 18.6 Å². The molecule has 0 aromatic rings. The summed E-state index contributed by atoms with van der Waals surface area (Å²) >= 11 is 0. The van der Waals surface area contributed by atoms with Gasteiger partial charge in [-0.05, 0) is 25.7 Å². The maximum absolute atomic E-state index is 12.4. The molecule has 2 rings (SSSR count). The van der Waals surface area contributed by atoms with E-state index in [2.05, 4.69) is 4.90 Å². The van der Waals surface area contributed by atoms with Gasteiger partial charge in [0.1, 0.15) is 0 Å². The van der Waals surface area contributed by atoms with Gasteiger partial charge in [-0.25, -0.2) is 0 Å². The van der Waals surface area contributed by atoms with E-state index in [0.717, 1.165) is 19.5 Å². The van der Waals surface area contributed by atoms with Crippen LogP contribution in [0.4, 0.5) is 0 Å². The van der Waals surface area contributed by atoms with Gasteiger partial charge in [-0.3, -0.25) is 9.69 Å². The quantitative estimate of drug-likeness (QED) is 0.791. The van der Waals surface area contributed by atoms with Crippen LogP contribution in [-0.2, 0) is 4.79 Å². The summed E-state index contributed by atoms with van der Waals surface area (Å²) in [6.45, 7) is 1.96. The molecule has 1 aliphatic heterocycles. The predicted molar refractivity (Wildman–Crippen MR) is 75.9 cm³/mol. The Balaban J connectivity index is 2.11. The van der Waals surface area contributed by atoms with Crippen molar-refractivity contribution < 1.29 is 9.90 Å². The molecule has 0 radical (unpaired) electrons. The van der Waals surface area contributed by atoms with Gasteiger partial charge in [0.05, 0.1) is 6.04 Å². The van der Waals surface area contributed by atoms with Crippen molar-refractivity contribution in [3.8, 4) is 0 Å². The number of carbonyl (C=O) groups excluding carboxylic acids is 1. The largest absolute Gasteiger partial charge is 0.396 e. The topological polar surface area (TPSA) is 43.8 Å². The number of likely N-dealkylation sites (N-methyl/N-ethyl adjacent to an activating group) is 1. The summed E-state index contributed by atoms with van der Waals surface area (Å²) in [5.74, 6) is 0.204. The third-order valence-corrected chi connectivity index (χ3v) is 4.67. The SMILES string of the molecule is CN1CCCN(C2CCCCCC2)C(CCO)C1=O. The minimum absolute atomic E-state index is 0.0967. The predicted octanol–water partition coefficient (Wildman–Crippen LogP) is 1.62. The standard InChI is InChI=1S/C15H28N2O2/c1-16-10-6-11-17(14(9-12-18)15(16)19)13-7-4-2-3-5-8-13/h13-14,18H,2-12H2,1H3. The molecule has 1 heterocycles. The van der Waals surface area contributed by atoms with Crippen molar-refractivity contribution in [2.45, 2.75) is 63.5 Å². The van der Waals surface area contributed by atoms with Crippen LogP contribution in [0.25, 0.3) is 0 Å². The van der Waals surface area contributed by atoms with Crippen molar-refractivity contribution in [2.75, 3.05) is 26.7 Å². The van der Waals surface area contributed by atoms with E-state index in [1.807, 2.05) is 11.9 Å². The van der Waals surface area contributed by atoms with E-state index in [9.17, 15) is 9.90 Å². The Morgan fingerprint density at radius 1 is 1.11 bits per heavy atom. The van der Waals surface area contributed by atoms with E-state index in [1.165, 1.54) is 38.5 Å². The molecule has 19 heavy (non-hydrogen) atoms. The normalized spacial score (nSPS) is 28.2. The lowest BCUT2D eigenvalue weighted by atomic mass is 10.0. The van der Waals surface area contributed by atoms with E-state index < -0.39 is 0 Å². The first-order chi connectivity index (χ1) is 9.24. The molecular weight excluding hydrogens is 240 g/mol. The lowest BCUT2D eigenvalue weighted by Gasteiger charge is -2.36. The number of nitrogens with zero attached hydrogens (tertiary/aromatic N) is 2. The van der Waals surface area contributed by atoms with Gasteiger partial charge in [0.15, 0.2) is 0 Å². The summed E-state index contributed by atoms with van der Waals surface area (Å²) in [5, 5.41) is 9.29. The summed E-state index contributed by atoms with van der Waals surface area (Å²) in [5.41, 5.74) is 0. The second-order valence-corrected chi connectivity index (χ2v) is 6.02. The highest BCUT2D eigenvalue weighted by atomic mass is 16.3. The first-order valence-electron chi connectivity index (χ1n) is 7.85. The molecule has 1 N–H and O–H groups in total. The molecule has 4 nitrogen and oxygen atoms in total. The van der Waals surface area contributed by atoms with Crippen molar-refractivity contribution in [1.82, 2.24) is 9.80 Å². The van der Waals surface area contributed by atoms with Crippen molar-refractivity contribution in [2.24, 2.45) is 0 Å². The van der Waals surface area contributed by atoms with Gasteiger partial charge < -0.3 is 10.0 Å². The number of hydrogen-bond acceptors (Lipinski definition) is 3. The highest BCUT2D eigenvalue weighted by Gasteiger charge is 2.34. The zero-order valence-corrected chi connectivity index (χ0v) is 12.2. The fourth-order valence-corrected chi connectivity index (χ4v) is 3.59. The smallest absolute Gasteiger partial charge is 0.239 e. The molecule has 2 fully saturated rings. The summed E-state index contributed by atoms with van der Waals surface area (Å²) in [6, 6.07) is 0.454. The number of rotatable bonds is 3. The molecule has 1 unspecified atom stereocenters. The third-order valence-electron chi connectivity index (χ3n) is 4.67. The van der Waals surface area contributed by atoms with E-state index in [4.69, 9.17) is 0 Å². The second kappa shape index (κ2) is 7.25. The first kappa shape index (κ1) is 14.8. The van der Waals surface area contributed by atoms with E-state index >= 15 is 0 Å². The molecule has 0 bridgehead atoms. The molecule has 0 aromatic carbocycles. The molecule has 1 saturated heterocycles. The van der Waals surface area contributed by atoms with Gasteiger partial charge in [-0.15, -0.1) is 0 Å². The molecule has 1 saturated carbocycles. The fourth-order valence-electron chi connectivity index (χ4n) is 3.59. The van der Waals surface area contributed by atoms with Crippen LogP contribution in [0.2, 0.25) is 0 Å². The van der Waals surface area contributed by atoms with Gasteiger partial charge in [0, 0.05) is 32.8 Å². The average molecular weight is 268 g/mol. The van der Waals surface area contributed by atoms with Crippen LogP contribution in [0.1, 0.15) is 51.4 Å². The second-order valence-electron chi connectivity index (χ2n) is 6.02. The van der Waals surface area contributed by atoms with Gasteiger partial charge in [0.25, 0.3) is 0 Å². The lowest BCUT2D eigenvalue weighted by Crippen LogP contribution is -2.49. The van der Waals surface area contributed by atoms with Gasteiger partial charge in [0.2, 0.25) is 5.91 Å². The summed E-state index contributed by atoms with van der Waals surface area (Å²) < 4.78 is 0. The Bertz CT molecular complexity index is 288. The zero-order valence-electron chi connectivity index (χ0n) is 12.2. The molecule has 1 atom stereocenters. The van der Waals surface area contributed by atoms with Crippen LogP contribution in [0.15, 0.2) is 0 Å². The Morgan fingerprint density at radius 2 is 1.79 bits per heavy atom. The number of carbonyl (C=O) groups is 1. The molecule has 0 aromatic heterocycles. The first-order valence-corrected chi connectivity index (χ1v) is 7.85. The van der Waals surface area contributed by atoms with Crippen LogP contribution in [0.5, 0.6) is 0 Å². The summed E-state index contributed by atoms with van der Waals surface area (Å²) in [7, 11) is 1.89. The minimum Gasteiger partial charge on any atom is -0.396 e. The molecule has 110 valence electrons. The third kappa shape index (κ3) is 3.69. The molecule has 1 aliphatic carbocycles. The van der Waals surface area contributed by atoms with Crippen molar-refractivity contribution in [3.05, 3.63) is 0 Å². The van der Waals surface area contributed by atoms with Gasteiger partial charge >= 0.3 is 0 Å². The zero-order chi connectivity index (χ0) is 13.7. The molecule has 2 aliphatic rings. The fraction of sp³-hybridized carbons (Fsp3) is 0.933.